The Morgan fingerprint density at radius 1 is 1.19 bits per heavy atom. The average Bonchev–Trinajstić information content (AvgIpc) is 3.16. The van der Waals surface area contributed by atoms with Crippen LogP contribution in [0.3, 0.4) is 0 Å². The van der Waals surface area contributed by atoms with Gasteiger partial charge < -0.3 is 15.2 Å². The monoisotopic (exact) mass is 459 g/mol. The molecule has 1 aliphatic heterocycles. The topological polar surface area (TPSA) is 83.3 Å². The number of rotatable bonds is 5. The quantitative estimate of drug-likeness (QED) is 0.568. The lowest BCUT2D eigenvalue weighted by atomic mass is 9.88. The summed E-state index contributed by atoms with van der Waals surface area (Å²) in [5.41, 5.74) is 2.47. The number of urea groups is 1. The summed E-state index contributed by atoms with van der Waals surface area (Å²) in [4.78, 5) is 19.5. The number of likely N-dealkylation sites (tertiary alicyclic amines) is 1. The summed E-state index contributed by atoms with van der Waals surface area (Å²) in [5, 5.41) is 11.3. The second-order valence-corrected chi connectivity index (χ2v) is 8.55. The second kappa shape index (κ2) is 9.68. The third kappa shape index (κ3) is 5.76. The maximum absolute atomic E-state index is 12.6. The van der Waals surface area contributed by atoms with Crippen molar-refractivity contribution < 1.29 is 9.32 Å². The standard InChI is InChI=1S/C22H23Cl2N5O2/c1-14-10-18(28-31-14)12-29-9-8-21(19(13-29)20-7-4-16(24)11-25-20)27-22(30)26-17-5-2-15(23)3-6-17/h2-7,10-11,19,21H,8-9,12-13H2,1H3,(H2,26,27,30)/t19-,21+/m0/s1. The summed E-state index contributed by atoms with van der Waals surface area (Å²) >= 11 is 11.9. The van der Waals surface area contributed by atoms with Gasteiger partial charge in [-0.25, -0.2) is 4.79 Å². The lowest BCUT2D eigenvalue weighted by molar-refractivity contribution is 0.163. The second-order valence-electron chi connectivity index (χ2n) is 7.67. The molecule has 2 N–H and O–H groups in total. The molecule has 0 saturated carbocycles. The number of benzene rings is 1. The molecule has 1 aromatic carbocycles. The molecule has 2 amide bonds. The van der Waals surface area contributed by atoms with Gasteiger partial charge in [0.1, 0.15) is 5.76 Å². The Morgan fingerprint density at radius 2 is 1.97 bits per heavy atom. The van der Waals surface area contributed by atoms with Crippen LogP contribution in [0, 0.1) is 6.92 Å². The van der Waals surface area contributed by atoms with E-state index in [-0.39, 0.29) is 18.0 Å². The lowest BCUT2D eigenvalue weighted by Gasteiger charge is -2.38. The first-order valence-corrected chi connectivity index (χ1v) is 10.8. The van der Waals surface area contributed by atoms with Crippen molar-refractivity contribution in [1.82, 2.24) is 20.4 Å². The van der Waals surface area contributed by atoms with Gasteiger partial charge in [-0.15, -0.1) is 0 Å². The van der Waals surface area contributed by atoms with E-state index < -0.39 is 0 Å². The average molecular weight is 460 g/mol. The van der Waals surface area contributed by atoms with E-state index >= 15 is 0 Å². The van der Waals surface area contributed by atoms with Gasteiger partial charge in [0.15, 0.2) is 0 Å². The molecule has 1 saturated heterocycles. The van der Waals surface area contributed by atoms with Crippen LogP contribution in [-0.4, -0.2) is 40.2 Å². The fourth-order valence-corrected chi connectivity index (χ4v) is 4.07. The minimum atomic E-state index is -0.258. The highest BCUT2D eigenvalue weighted by atomic mass is 35.5. The van der Waals surface area contributed by atoms with Crippen molar-refractivity contribution in [3.63, 3.8) is 0 Å². The summed E-state index contributed by atoms with van der Waals surface area (Å²) in [7, 11) is 0. The highest BCUT2D eigenvalue weighted by Gasteiger charge is 2.32. The predicted octanol–water partition coefficient (Wildman–Crippen LogP) is 4.86. The molecule has 2 aromatic heterocycles. The Hall–Kier alpha value is -2.61. The number of aryl methyl sites for hydroxylation is 1. The van der Waals surface area contributed by atoms with Crippen molar-refractivity contribution in [2.75, 3.05) is 18.4 Å². The van der Waals surface area contributed by atoms with E-state index in [2.05, 4.69) is 25.7 Å². The van der Waals surface area contributed by atoms with E-state index in [4.69, 9.17) is 27.7 Å². The number of carbonyl (C=O) groups excluding carboxylic acids is 1. The Balaban J connectivity index is 1.46. The van der Waals surface area contributed by atoms with Crippen LogP contribution in [0.25, 0.3) is 0 Å². The minimum Gasteiger partial charge on any atom is -0.361 e. The summed E-state index contributed by atoms with van der Waals surface area (Å²) in [6, 6.07) is 12.4. The van der Waals surface area contributed by atoms with Crippen molar-refractivity contribution in [2.24, 2.45) is 0 Å². The molecule has 9 heteroatoms. The van der Waals surface area contributed by atoms with Crippen LogP contribution < -0.4 is 10.6 Å². The highest BCUT2D eigenvalue weighted by Crippen LogP contribution is 2.28. The van der Waals surface area contributed by atoms with Gasteiger partial charge in [0.2, 0.25) is 0 Å². The molecule has 0 unspecified atom stereocenters. The van der Waals surface area contributed by atoms with Crippen molar-refractivity contribution in [3.05, 3.63) is 75.9 Å². The van der Waals surface area contributed by atoms with Crippen molar-refractivity contribution in [2.45, 2.75) is 31.8 Å². The molecule has 0 spiro atoms. The van der Waals surface area contributed by atoms with Crippen LogP contribution in [-0.2, 0) is 6.54 Å². The Morgan fingerprint density at radius 3 is 2.65 bits per heavy atom. The van der Waals surface area contributed by atoms with Gasteiger partial charge in [-0.2, -0.15) is 0 Å². The molecule has 0 radical (unpaired) electrons. The Bertz CT molecular complexity index is 1020. The fourth-order valence-electron chi connectivity index (χ4n) is 3.83. The van der Waals surface area contributed by atoms with E-state index in [1.54, 1.807) is 30.5 Å². The maximum atomic E-state index is 12.6. The fraction of sp³-hybridized carbons (Fsp3) is 0.318. The molecule has 7 nitrogen and oxygen atoms in total. The van der Waals surface area contributed by atoms with Gasteiger partial charge in [-0.1, -0.05) is 28.4 Å². The largest absolute Gasteiger partial charge is 0.361 e. The van der Waals surface area contributed by atoms with Crippen molar-refractivity contribution in [1.29, 1.82) is 0 Å². The highest BCUT2D eigenvalue weighted by molar-refractivity contribution is 6.30. The number of hydrogen-bond donors (Lipinski definition) is 2. The normalized spacial score (nSPS) is 19.2. The number of aromatic nitrogens is 2. The molecule has 0 bridgehead atoms. The zero-order valence-electron chi connectivity index (χ0n) is 17.0. The molecule has 4 rings (SSSR count). The number of nitrogens with zero attached hydrogens (tertiary/aromatic N) is 3. The van der Waals surface area contributed by atoms with E-state index in [9.17, 15) is 4.79 Å². The molecule has 162 valence electrons. The number of piperidine rings is 1. The smallest absolute Gasteiger partial charge is 0.319 e. The molecule has 1 aliphatic rings. The third-order valence-corrected chi connectivity index (χ3v) is 5.78. The zero-order chi connectivity index (χ0) is 21.8. The lowest BCUT2D eigenvalue weighted by Crippen LogP contribution is -2.50. The molecular weight excluding hydrogens is 437 g/mol. The summed E-state index contributed by atoms with van der Waals surface area (Å²) in [5.74, 6) is 0.802. The molecule has 1 fully saturated rings. The molecule has 0 aliphatic carbocycles. The van der Waals surface area contributed by atoms with Crippen LogP contribution in [0.1, 0.15) is 29.5 Å². The summed E-state index contributed by atoms with van der Waals surface area (Å²) in [6.45, 7) is 4.12. The maximum Gasteiger partial charge on any atom is 0.319 e. The van der Waals surface area contributed by atoms with E-state index in [0.29, 0.717) is 22.3 Å². The first kappa shape index (κ1) is 21.6. The number of amides is 2. The van der Waals surface area contributed by atoms with Gasteiger partial charge in [0, 0.05) is 60.3 Å². The van der Waals surface area contributed by atoms with Gasteiger partial charge in [0.25, 0.3) is 0 Å². The van der Waals surface area contributed by atoms with Gasteiger partial charge in [0.05, 0.1) is 10.7 Å². The number of nitrogens with one attached hydrogen (secondary N) is 2. The predicted molar refractivity (Wildman–Crippen MR) is 121 cm³/mol. The number of pyridine rings is 1. The number of halogens is 2. The summed E-state index contributed by atoms with van der Waals surface area (Å²) < 4.78 is 5.19. The van der Waals surface area contributed by atoms with Crippen LogP contribution in [0.4, 0.5) is 10.5 Å². The van der Waals surface area contributed by atoms with Gasteiger partial charge in [-0.05, 0) is 49.7 Å². The molecule has 3 aromatic rings. The molecular formula is C22H23Cl2N5O2. The Kier molecular flexibility index (Phi) is 6.75. The van der Waals surface area contributed by atoms with Crippen LogP contribution >= 0.6 is 23.2 Å². The van der Waals surface area contributed by atoms with Gasteiger partial charge >= 0.3 is 6.03 Å². The molecule has 2 atom stereocenters. The van der Waals surface area contributed by atoms with Crippen molar-refractivity contribution in [3.8, 4) is 0 Å². The molecule has 31 heavy (non-hydrogen) atoms. The van der Waals surface area contributed by atoms with E-state index in [0.717, 1.165) is 36.7 Å². The van der Waals surface area contributed by atoms with E-state index in [1.165, 1.54) is 0 Å². The molecule has 3 heterocycles. The van der Waals surface area contributed by atoms with Crippen LogP contribution in [0.15, 0.2) is 53.2 Å². The zero-order valence-corrected chi connectivity index (χ0v) is 18.5. The number of carbonyl (C=O) groups is 1. The SMILES string of the molecule is Cc1cc(CN2CC[C@@H](NC(=O)Nc3ccc(Cl)cc3)[C@H](c3ccc(Cl)cn3)C2)no1. The van der Waals surface area contributed by atoms with E-state index in [1.807, 2.05) is 25.1 Å². The summed E-state index contributed by atoms with van der Waals surface area (Å²) in [6.07, 6.45) is 2.42. The van der Waals surface area contributed by atoms with Crippen LogP contribution in [0.2, 0.25) is 10.0 Å². The van der Waals surface area contributed by atoms with Crippen LogP contribution in [0.5, 0.6) is 0 Å². The number of anilines is 1. The Labute approximate surface area is 190 Å². The first-order chi connectivity index (χ1) is 15.0. The first-order valence-electron chi connectivity index (χ1n) is 10.1. The van der Waals surface area contributed by atoms with Crippen molar-refractivity contribution >= 4 is 34.9 Å². The van der Waals surface area contributed by atoms with Gasteiger partial charge in [-0.3, -0.25) is 9.88 Å². The minimum absolute atomic E-state index is 0.00924. The number of hydrogen-bond acceptors (Lipinski definition) is 5. The third-order valence-electron chi connectivity index (χ3n) is 5.31.